The van der Waals surface area contributed by atoms with Crippen LogP contribution in [0.4, 0.5) is 0 Å². The first-order chi connectivity index (χ1) is 6.29. The quantitative estimate of drug-likeness (QED) is 0.714. The summed E-state index contributed by atoms with van der Waals surface area (Å²) >= 11 is 0. The van der Waals surface area contributed by atoms with Crippen molar-refractivity contribution >= 4 is 0 Å². The molecule has 0 fully saturated rings. The number of benzene rings is 1. The minimum atomic E-state index is -0.924. The second-order valence-corrected chi connectivity index (χ2v) is 2.69. The average Bonchev–Trinajstić information content (AvgIpc) is 2.20. The zero-order valence-electron chi connectivity index (χ0n) is 7.81. The second-order valence-electron chi connectivity index (χ2n) is 2.69. The van der Waals surface area contributed by atoms with E-state index in [2.05, 4.69) is 0 Å². The van der Waals surface area contributed by atoms with E-state index < -0.39 is 12.4 Å². The molecule has 0 aromatic heterocycles. The van der Waals surface area contributed by atoms with Crippen molar-refractivity contribution in [3.8, 4) is 0 Å². The van der Waals surface area contributed by atoms with E-state index in [4.69, 9.17) is 9.47 Å². The standard InChI is InChI=1S/C10H14O3/c1-12-9(10(11)13-2)8-6-4-3-5-7-8/h3-7,9-11H,1-2H3. The minimum Gasteiger partial charge on any atom is -0.371 e. The molecule has 0 aliphatic rings. The molecule has 0 saturated heterocycles. The van der Waals surface area contributed by atoms with Gasteiger partial charge in [-0.2, -0.15) is 0 Å². The molecule has 0 spiro atoms. The number of hydrogen-bond donors (Lipinski definition) is 1. The van der Waals surface area contributed by atoms with Crippen LogP contribution in [-0.4, -0.2) is 25.6 Å². The predicted molar refractivity (Wildman–Crippen MR) is 49.2 cm³/mol. The number of aliphatic hydroxyl groups excluding tert-OH is 1. The molecular formula is C10H14O3. The van der Waals surface area contributed by atoms with Crippen molar-refractivity contribution in [3.05, 3.63) is 35.9 Å². The summed E-state index contributed by atoms with van der Waals surface area (Å²) in [5.74, 6) is 0. The van der Waals surface area contributed by atoms with E-state index in [1.165, 1.54) is 7.11 Å². The minimum absolute atomic E-state index is 0.425. The van der Waals surface area contributed by atoms with E-state index in [0.29, 0.717) is 0 Å². The number of ether oxygens (including phenoxy) is 2. The maximum atomic E-state index is 9.42. The lowest BCUT2D eigenvalue weighted by Crippen LogP contribution is -2.21. The fourth-order valence-electron chi connectivity index (χ4n) is 1.18. The van der Waals surface area contributed by atoms with Gasteiger partial charge in [0, 0.05) is 14.2 Å². The Balaban J connectivity index is 2.78. The van der Waals surface area contributed by atoms with E-state index in [1.54, 1.807) is 7.11 Å². The van der Waals surface area contributed by atoms with Gasteiger partial charge in [-0.15, -0.1) is 0 Å². The first-order valence-electron chi connectivity index (χ1n) is 4.08. The highest BCUT2D eigenvalue weighted by Crippen LogP contribution is 2.20. The van der Waals surface area contributed by atoms with Gasteiger partial charge in [-0.1, -0.05) is 30.3 Å². The number of hydrogen-bond acceptors (Lipinski definition) is 3. The molecule has 3 nitrogen and oxygen atoms in total. The fraction of sp³-hybridized carbons (Fsp3) is 0.400. The Morgan fingerprint density at radius 2 is 1.69 bits per heavy atom. The Morgan fingerprint density at radius 1 is 1.08 bits per heavy atom. The monoisotopic (exact) mass is 182 g/mol. The highest BCUT2D eigenvalue weighted by molar-refractivity contribution is 5.18. The van der Waals surface area contributed by atoms with Crippen LogP contribution in [0.3, 0.4) is 0 Å². The third kappa shape index (κ3) is 2.52. The molecule has 1 N–H and O–H groups in total. The smallest absolute Gasteiger partial charge is 0.185 e. The maximum absolute atomic E-state index is 9.42. The highest BCUT2D eigenvalue weighted by atomic mass is 16.6. The van der Waals surface area contributed by atoms with Crippen LogP contribution in [0, 0.1) is 0 Å². The zero-order chi connectivity index (χ0) is 9.68. The van der Waals surface area contributed by atoms with Crippen molar-refractivity contribution in [3.63, 3.8) is 0 Å². The lowest BCUT2D eigenvalue weighted by Gasteiger charge is -2.20. The summed E-state index contributed by atoms with van der Waals surface area (Å²) in [4.78, 5) is 0. The van der Waals surface area contributed by atoms with E-state index in [-0.39, 0.29) is 0 Å². The Labute approximate surface area is 77.9 Å². The van der Waals surface area contributed by atoms with Crippen molar-refractivity contribution in [1.82, 2.24) is 0 Å². The molecule has 0 saturated carbocycles. The van der Waals surface area contributed by atoms with E-state index in [0.717, 1.165) is 5.56 Å². The van der Waals surface area contributed by atoms with Crippen molar-refractivity contribution in [2.45, 2.75) is 12.4 Å². The fourth-order valence-corrected chi connectivity index (χ4v) is 1.18. The van der Waals surface area contributed by atoms with Crippen molar-refractivity contribution in [2.75, 3.05) is 14.2 Å². The van der Waals surface area contributed by atoms with Gasteiger partial charge < -0.3 is 14.6 Å². The number of rotatable bonds is 4. The molecule has 72 valence electrons. The normalized spacial score (nSPS) is 15.3. The average molecular weight is 182 g/mol. The molecule has 3 heteroatoms. The van der Waals surface area contributed by atoms with Crippen LogP contribution >= 0.6 is 0 Å². The highest BCUT2D eigenvalue weighted by Gasteiger charge is 2.19. The van der Waals surface area contributed by atoms with Gasteiger partial charge in [0.15, 0.2) is 6.29 Å². The summed E-state index contributed by atoms with van der Waals surface area (Å²) in [5, 5.41) is 9.42. The van der Waals surface area contributed by atoms with Crippen LogP contribution < -0.4 is 0 Å². The molecule has 0 radical (unpaired) electrons. The summed E-state index contributed by atoms with van der Waals surface area (Å²) in [6, 6.07) is 9.47. The summed E-state index contributed by atoms with van der Waals surface area (Å²) in [5.41, 5.74) is 0.902. The van der Waals surface area contributed by atoms with Gasteiger partial charge in [0.05, 0.1) is 0 Å². The molecule has 2 unspecified atom stereocenters. The Morgan fingerprint density at radius 3 is 2.15 bits per heavy atom. The van der Waals surface area contributed by atoms with Gasteiger partial charge in [-0.3, -0.25) is 0 Å². The molecule has 0 amide bonds. The van der Waals surface area contributed by atoms with Crippen LogP contribution in [0.1, 0.15) is 11.7 Å². The van der Waals surface area contributed by atoms with Gasteiger partial charge in [-0.25, -0.2) is 0 Å². The van der Waals surface area contributed by atoms with Crippen LogP contribution in [0.2, 0.25) is 0 Å². The molecule has 0 bridgehead atoms. The molecule has 0 aliphatic carbocycles. The first kappa shape index (κ1) is 10.2. The zero-order valence-corrected chi connectivity index (χ0v) is 7.81. The topological polar surface area (TPSA) is 38.7 Å². The third-order valence-corrected chi connectivity index (χ3v) is 1.88. The molecule has 1 rings (SSSR count). The van der Waals surface area contributed by atoms with Gasteiger partial charge >= 0.3 is 0 Å². The van der Waals surface area contributed by atoms with Gasteiger partial charge in [0.2, 0.25) is 0 Å². The second kappa shape index (κ2) is 4.97. The number of aliphatic hydroxyl groups is 1. The van der Waals surface area contributed by atoms with Crippen molar-refractivity contribution < 1.29 is 14.6 Å². The third-order valence-electron chi connectivity index (χ3n) is 1.88. The van der Waals surface area contributed by atoms with Gasteiger partial charge in [0.25, 0.3) is 0 Å². The molecule has 2 atom stereocenters. The van der Waals surface area contributed by atoms with Gasteiger partial charge in [-0.05, 0) is 5.56 Å². The molecule has 0 aliphatic heterocycles. The summed E-state index contributed by atoms with van der Waals surface area (Å²) in [7, 11) is 2.99. The van der Waals surface area contributed by atoms with Crippen LogP contribution in [-0.2, 0) is 9.47 Å². The SMILES string of the molecule is COC(O)C(OC)c1ccccc1. The molecule has 0 heterocycles. The lowest BCUT2D eigenvalue weighted by atomic mass is 10.1. The van der Waals surface area contributed by atoms with E-state index in [9.17, 15) is 5.11 Å². The van der Waals surface area contributed by atoms with E-state index >= 15 is 0 Å². The van der Waals surface area contributed by atoms with Crippen molar-refractivity contribution in [1.29, 1.82) is 0 Å². The Hall–Kier alpha value is -0.900. The van der Waals surface area contributed by atoms with Crippen LogP contribution in [0.15, 0.2) is 30.3 Å². The Kier molecular flexibility index (Phi) is 3.89. The Bertz CT molecular complexity index is 235. The largest absolute Gasteiger partial charge is 0.371 e. The molecule has 1 aromatic rings. The van der Waals surface area contributed by atoms with Crippen LogP contribution in [0.5, 0.6) is 0 Å². The maximum Gasteiger partial charge on any atom is 0.185 e. The molecule has 13 heavy (non-hydrogen) atoms. The number of methoxy groups -OCH3 is 2. The molecular weight excluding hydrogens is 168 g/mol. The van der Waals surface area contributed by atoms with E-state index in [1.807, 2.05) is 30.3 Å². The summed E-state index contributed by atoms with van der Waals surface area (Å²) < 4.78 is 9.90. The predicted octanol–water partition coefficient (Wildman–Crippen LogP) is 1.34. The summed E-state index contributed by atoms with van der Waals surface area (Å²) in [6.45, 7) is 0. The van der Waals surface area contributed by atoms with Crippen molar-refractivity contribution in [2.24, 2.45) is 0 Å². The first-order valence-corrected chi connectivity index (χ1v) is 4.08. The van der Waals surface area contributed by atoms with Crippen LogP contribution in [0.25, 0.3) is 0 Å². The molecule has 1 aromatic carbocycles. The summed E-state index contributed by atoms with van der Waals surface area (Å²) in [6.07, 6.45) is -1.35. The lowest BCUT2D eigenvalue weighted by molar-refractivity contribution is -0.157. The van der Waals surface area contributed by atoms with Gasteiger partial charge in [0.1, 0.15) is 6.10 Å².